The smallest absolute Gasteiger partial charge is 0.228 e. The van der Waals surface area contributed by atoms with Gasteiger partial charge in [0.15, 0.2) is 0 Å². The van der Waals surface area contributed by atoms with Gasteiger partial charge in [0.05, 0.1) is 12.1 Å². The van der Waals surface area contributed by atoms with Crippen LogP contribution in [0.15, 0.2) is 5.38 Å². The number of thiazole rings is 1. The van der Waals surface area contributed by atoms with Crippen LogP contribution in [0.25, 0.3) is 0 Å². The van der Waals surface area contributed by atoms with E-state index in [0.717, 1.165) is 30.3 Å². The lowest BCUT2D eigenvalue weighted by Crippen LogP contribution is -2.44. The van der Waals surface area contributed by atoms with Gasteiger partial charge in [0.1, 0.15) is 5.01 Å². The van der Waals surface area contributed by atoms with Crippen LogP contribution in [0.4, 0.5) is 0 Å². The Bertz CT molecular complexity index is 458. The molecule has 0 aromatic carbocycles. The minimum atomic E-state index is 0.113. The van der Waals surface area contributed by atoms with Gasteiger partial charge in [-0.15, -0.1) is 11.3 Å². The zero-order valence-electron chi connectivity index (χ0n) is 13.3. The molecule has 6 heteroatoms. The molecule has 1 aliphatic heterocycles. The fourth-order valence-electron chi connectivity index (χ4n) is 2.73. The first-order valence-electron chi connectivity index (χ1n) is 7.62. The molecule has 118 valence electrons. The lowest BCUT2D eigenvalue weighted by Gasteiger charge is -2.35. The largest absolute Gasteiger partial charge is 0.348 e. The second kappa shape index (κ2) is 7.87. The molecule has 1 aromatic heterocycles. The molecule has 0 spiro atoms. The molecule has 0 bridgehead atoms. The van der Waals surface area contributed by atoms with Crippen LogP contribution in [-0.4, -0.2) is 61.0 Å². The molecule has 2 heterocycles. The van der Waals surface area contributed by atoms with Gasteiger partial charge >= 0.3 is 0 Å². The minimum Gasteiger partial charge on any atom is -0.348 e. The zero-order chi connectivity index (χ0) is 15.2. The van der Waals surface area contributed by atoms with Gasteiger partial charge in [0.25, 0.3) is 0 Å². The van der Waals surface area contributed by atoms with E-state index in [9.17, 15) is 4.79 Å². The second-order valence-corrected chi connectivity index (χ2v) is 6.82. The molecule has 21 heavy (non-hydrogen) atoms. The molecule has 2 rings (SSSR count). The molecule has 1 fully saturated rings. The van der Waals surface area contributed by atoms with E-state index >= 15 is 0 Å². The van der Waals surface area contributed by atoms with Crippen molar-refractivity contribution >= 4 is 17.2 Å². The Morgan fingerprint density at radius 1 is 1.52 bits per heavy atom. The number of hydrogen-bond acceptors (Lipinski definition) is 5. The number of nitrogens with one attached hydrogen (secondary N) is 1. The number of amides is 1. The van der Waals surface area contributed by atoms with Gasteiger partial charge in [-0.2, -0.15) is 0 Å². The molecule has 0 radical (unpaired) electrons. The number of rotatable bonds is 6. The maximum atomic E-state index is 11.7. The Labute approximate surface area is 131 Å². The molecular formula is C15H26N4OS. The molecule has 1 aromatic rings. The highest BCUT2D eigenvalue weighted by Crippen LogP contribution is 2.20. The van der Waals surface area contributed by atoms with Crippen LogP contribution in [0, 0.1) is 0 Å². The Kier molecular flexibility index (Phi) is 6.14. The molecule has 1 amide bonds. The van der Waals surface area contributed by atoms with Crippen molar-refractivity contribution in [2.45, 2.75) is 38.3 Å². The van der Waals surface area contributed by atoms with E-state index in [4.69, 9.17) is 0 Å². The first kappa shape index (κ1) is 16.4. The summed E-state index contributed by atoms with van der Waals surface area (Å²) in [5, 5.41) is 6.31. The normalized spacial score (nSPS) is 19.7. The molecule has 1 N–H and O–H groups in total. The summed E-state index contributed by atoms with van der Waals surface area (Å²) < 4.78 is 0. The van der Waals surface area contributed by atoms with Crippen LogP contribution in [0.5, 0.6) is 0 Å². The maximum Gasteiger partial charge on any atom is 0.228 e. The third-order valence-electron chi connectivity index (χ3n) is 3.95. The first-order valence-corrected chi connectivity index (χ1v) is 8.50. The number of aromatic nitrogens is 1. The van der Waals surface area contributed by atoms with Crippen LogP contribution in [-0.2, 0) is 17.8 Å². The highest BCUT2D eigenvalue weighted by Gasteiger charge is 2.22. The second-order valence-electron chi connectivity index (χ2n) is 5.88. The van der Waals surface area contributed by atoms with E-state index in [-0.39, 0.29) is 5.91 Å². The van der Waals surface area contributed by atoms with E-state index in [2.05, 4.69) is 20.6 Å². The number of likely N-dealkylation sites (N-methyl/N-ethyl adjacent to an activating group) is 2. The highest BCUT2D eigenvalue weighted by molar-refractivity contribution is 7.09. The Balaban J connectivity index is 1.93. The van der Waals surface area contributed by atoms with Crippen LogP contribution < -0.4 is 5.32 Å². The summed E-state index contributed by atoms with van der Waals surface area (Å²) in [5.41, 5.74) is 1.10. The SMILES string of the molecule is CNCC1CCCCN1Cc1csc(CC(=O)N(C)C)n1. The number of nitrogens with zero attached hydrogens (tertiary/aromatic N) is 3. The standard InChI is InChI=1S/C15H26N4OS/c1-16-9-13-6-4-5-7-19(13)10-12-11-21-14(17-12)8-15(20)18(2)3/h11,13,16H,4-10H2,1-3H3. The lowest BCUT2D eigenvalue weighted by molar-refractivity contribution is -0.127. The van der Waals surface area contributed by atoms with Gasteiger partial charge in [-0.25, -0.2) is 4.98 Å². The summed E-state index contributed by atoms with van der Waals surface area (Å²) in [6.07, 6.45) is 4.27. The van der Waals surface area contributed by atoms with Crippen molar-refractivity contribution in [3.8, 4) is 0 Å². The minimum absolute atomic E-state index is 0.113. The van der Waals surface area contributed by atoms with Crippen molar-refractivity contribution in [1.29, 1.82) is 0 Å². The number of likely N-dealkylation sites (tertiary alicyclic amines) is 1. The van der Waals surface area contributed by atoms with Gasteiger partial charge < -0.3 is 10.2 Å². The van der Waals surface area contributed by atoms with Crippen molar-refractivity contribution in [3.05, 3.63) is 16.1 Å². The molecular weight excluding hydrogens is 284 g/mol. The number of hydrogen-bond donors (Lipinski definition) is 1. The predicted octanol–water partition coefficient (Wildman–Crippen LogP) is 1.35. The van der Waals surface area contributed by atoms with Crippen LogP contribution in [0.2, 0.25) is 0 Å². The number of carbonyl (C=O) groups is 1. The molecule has 1 atom stereocenters. The highest BCUT2D eigenvalue weighted by atomic mass is 32.1. The van der Waals surface area contributed by atoms with Crippen molar-refractivity contribution in [2.75, 3.05) is 34.2 Å². The van der Waals surface area contributed by atoms with Crippen LogP contribution in [0.1, 0.15) is 30.0 Å². The van der Waals surface area contributed by atoms with Gasteiger partial charge in [-0.1, -0.05) is 6.42 Å². The summed E-state index contributed by atoms with van der Waals surface area (Å²) in [7, 11) is 5.58. The van der Waals surface area contributed by atoms with Crippen molar-refractivity contribution in [3.63, 3.8) is 0 Å². The average molecular weight is 310 g/mol. The third kappa shape index (κ3) is 4.76. The summed E-state index contributed by atoms with van der Waals surface area (Å²) in [5.74, 6) is 0.113. The van der Waals surface area contributed by atoms with Gasteiger partial charge in [0, 0.05) is 38.6 Å². The lowest BCUT2D eigenvalue weighted by atomic mass is 10.0. The molecule has 5 nitrogen and oxygen atoms in total. The number of piperidine rings is 1. The molecule has 0 saturated carbocycles. The first-order chi connectivity index (χ1) is 10.1. The molecule has 1 unspecified atom stereocenters. The summed E-state index contributed by atoms with van der Waals surface area (Å²) in [6.45, 7) is 3.09. The van der Waals surface area contributed by atoms with E-state index in [1.165, 1.54) is 19.3 Å². The maximum absolute atomic E-state index is 11.7. The van der Waals surface area contributed by atoms with Gasteiger partial charge in [-0.05, 0) is 26.4 Å². The average Bonchev–Trinajstić information content (AvgIpc) is 2.88. The summed E-state index contributed by atoms with van der Waals surface area (Å²) in [6, 6.07) is 0.609. The van der Waals surface area contributed by atoms with Crippen LogP contribution in [0.3, 0.4) is 0 Å². The monoisotopic (exact) mass is 310 g/mol. The fourth-order valence-corrected chi connectivity index (χ4v) is 3.51. The molecule has 0 aliphatic carbocycles. The summed E-state index contributed by atoms with van der Waals surface area (Å²) in [4.78, 5) is 20.5. The van der Waals surface area contributed by atoms with Crippen molar-refractivity contribution < 1.29 is 4.79 Å². The van der Waals surface area contributed by atoms with E-state index < -0.39 is 0 Å². The Morgan fingerprint density at radius 3 is 3.05 bits per heavy atom. The summed E-state index contributed by atoms with van der Waals surface area (Å²) >= 11 is 1.60. The van der Waals surface area contributed by atoms with Crippen LogP contribution >= 0.6 is 11.3 Å². The van der Waals surface area contributed by atoms with E-state index in [1.54, 1.807) is 30.3 Å². The Hall–Kier alpha value is -0.980. The molecule has 1 aliphatic rings. The Morgan fingerprint density at radius 2 is 2.33 bits per heavy atom. The fraction of sp³-hybridized carbons (Fsp3) is 0.733. The van der Waals surface area contributed by atoms with Crippen molar-refractivity contribution in [2.24, 2.45) is 0 Å². The predicted molar refractivity (Wildman–Crippen MR) is 86.5 cm³/mol. The quantitative estimate of drug-likeness (QED) is 0.861. The van der Waals surface area contributed by atoms with E-state index in [0.29, 0.717) is 12.5 Å². The molecule has 1 saturated heterocycles. The zero-order valence-corrected chi connectivity index (χ0v) is 14.1. The topological polar surface area (TPSA) is 48.5 Å². The number of carbonyl (C=O) groups excluding carboxylic acids is 1. The van der Waals surface area contributed by atoms with Crippen molar-refractivity contribution in [1.82, 2.24) is 20.1 Å². The van der Waals surface area contributed by atoms with Gasteiger partial charge in [-0.3, -0.25) is 9.69 Å². The van der Waals surface area contributed by atoms with E-state index in [1.807, 2.05) is 7.05 Å². The van der Waals surface area contributed by atoms with Gasteiger partial charge in [0.2, 0.25) is 5.91 Å². The third-order valence-corrected chi connectivity index (χ3v) is 4.85.